The lowest BCUT2D eigenvalue weighted by Gasteiger charge is -2.03. The van der Waals surface area contributed by atoms with Gasteiger partial charge in [0.05, 0.1) is 12.2 Å². The van der Waals surface area contributed by atoms with Gasteiger partial charge in [-0.05, 0) is 17.7 Å². The SMILES string of the molecule is NOCc1ccc(F)cc1C(=O)O. The zero-order valence-electron chi connectivity index (χ0n) is 6.66. The van der Waals surface area contributed by atoms with E-state index in [-0.39, 0.29) is 12.2 Å². The fraction of sp³-hybridized carbons (Fsp3) is 0.125. The number of hydrogen-bond donors (Lipinski definition) is 2. The number of carbonyl (C=O) groups is 1. The van der Waals surface area contributed by atoms with Gasteiger partial charge in [-0.2, -0.15) is 0 Å². The van der Waals surface area contributed by atoms with E-state index < -0.39 is 11.8 Å². The first kappa shape index (κ1) is 9.63. The third-order valence-electron chi connectivity index (χ3n) is 1.54. The summed E-state index contributed by atoms with van der Waals surface area (Å²) in [5, 5.41) is 8.65. The fourth-order valence-electron chi connectivity index (χ4n) is 0.963. The predicted octanol–water partition coefficient (Wildman–Crippen LogP) is 0.914. The van der Waals surface area contributed by atoms with Gasteiger partial charge >= 0.3 is 5.97 Å². The van der Waals surface area contributed by atoms with Gasteiger partial charge in [-0.25, -0.2) is 15.1 Å². The van der Waals surface area contributed by atoms with Gasteiger partial charge in [0.25, 0.3) is 0 Å². The summed E-state index contributed by atoms with van der Waals surface area (Å²) in [6.07, 6.45) is 0. The second-order valence-corrected chi connectivity index (χ2v) is 2.42. The summed E-state index contributed by atoms with van der Waals surface area (Å²) >= 11 is 0. The van der Waals surface area contributed by atoms with Crippen molar-refractivity contribution in [3.05, 3.63) is 35.1 Å². The number of nitrogens with two attached hydrogens (primary N) is 1. The molecule has 0 aliphatic rings. The van der Waals surface area contributed by atoms with Crippen LogP contribution in [0.15, 0.2) is 18.2 Å². The normalized spacial score (nSPS) is 10.0. The molecule has 4 nitrogen and oxygen atoms in total. The Morgan fingerprint density at radius 3 is 2.85 bits per heavy atom. The van der Waals surface area contributed by atoms with E-state index in [4.69, 9.17) is 11.0 Å². The van der Waals surface area contributed by atoms with Gasteiger partial charge in [0.2, 0.25) is 0 Å². The molecule has 70 valence electrons. The molecule has 0 spiro atoms. The fourth-order valence-corrected chi connectivity index (χ4v) is 0.963. The number of halogens is 1. The van der Waals surface area contributed by atoms with Crippen molar-refractivity contribution in [2.24, 2.45) is 5.90 Å². The van der Waals surface area contributed by atoms with Crippen LogP contribution in [0.3, 0.4) is 0 Å². The predicted molar refractivity (Wildman–Crippen MR) is 42.3 cm³/mol. The Bertz CT molecular complexity index is 327. The molecule has 0 saturated carbocycles. The van der Waals surface area contributed by atoms with E-state index in [1.54, 1.807) is 0 Å². The van der Waals surface area contributed by atoms with Crippen LogP contribution < -0.4 is 5.90 Å². The molecule has 0 radical (unpaired) electrons. The molecule has 1 aromatic carbocycles. The van der Waals surface area contributed by atoms with Crippen LogP contribution in [-0.4, -0.2) is 11.1 Å². The molecule has 0 amide bonds. The number of benzene rings is 1. The van der Waals surface area contributed by atoms with Gasteiger partial charge in [-0.3, -0.25) is 4.84 Å². The minimum atomic E-state index is -1.20. The van der Waals surface area contributed by atoms with Crippen LogP contribution in [0.25, 0.3) is 0 Å². The van der Waals surface area contributed by atoms with Crippen molar-refractivity contribution in [2.45, 2.75) is 6.61 Å². The van der Waals surface area contributed by atoms with Crippen molar-refractivity contribution in [1.82, 2.24) is 0 Å². The van der Waals surface area contributed by atoms with E-state index in [9.17, 15) is 9.18 Å². The maximum atomic E-state index is 12.6. The van der Waals surface area contributed by atoms with Crippen LogP contribution in [0, 0.1) is 5.82 Å². The van der Waals surface area contributed by atoms with Crippen molar-refractivity contribution in [1.29, 1.82) is 0 Å². The quantitative estimate of drug-likeness (QED) is 0.686. The van der Waals surface area contributed by atoms with Crippen LogP contribution >= 0.6 is 0 Å². The molecule has 13 heavy (non-hydrogen) atoms. The van der Waals surface area contributed by atoms with E-state index in [1.807, 2.05) is 0 Å². The average molecular weight is 185 g/mol. The Morgan fingerprint density at radius 2 is 2.31 bits per heavy atom. The summed E-state index contributed by atoms with van der Waals surface area (Å²) in [6.45, 7) is -0.0537. The summed E-state index contributed by atoms with van der Waals surface area (Å²) in [5.74, 6) is 2.98. The molecule has 1 aromatic rings. The van der Waals surface area contributed by atoms with Crippen molar-refractivity contribution < 1.29 is 19.1 Å². The van der Waals surface area contributed by atoms with Gasteiger partial charge < -0.3 is 5.11 Å². The highest BCUT2D eigenvalue weighted by molar-refractivity contribution is 5.89. The van der Waals surface area contributed by atoms with Crippen LogP contribution in [-0.2, 0) is 11.4 Å². The molecule has 0 heterocycles. The first-order chi connectivity index (χ1) is 6.15. The van der Waals surface area contributed by atoms with Crippen molar-refractivity contribution in [3.8, 4) is 0 Å². The summed E-state index contributed by atoms with van der Waals surface area (Å²) < 4.78 is 12.6. The molecular formula is C8H8FNO3. The molecule has 1 rings (SSSR count). The van der Waals surface area contributed by atoms with Crippen molar-refractivity contribution in [3.63, 3.8) is 0 Å². The maximum Gasteiger partial charge on any atom is 0.336 e. The van der Waals surface area contributed by atoms with E-state index in [1.165, 1.54) is 6.07 Å². The molecule has 0 atom stereocenters. The third-order valence-corrected chi connectivity index (χ3v) is 1.54. The van der Waals surface area contributed by atoms with Crippen molar-refractivity contribution in [2.75, 3.05) is 0 Å². The smallest absolute Gasteiger partial charge is 0.336 e. The summed E-state index contributed by atoms with van der Waals surface area (Å²) in [6, 6.07) is 3.41. The molecule has 0 aliphatic carbocycles. The number of rotatable bonds is 3. The lowest BCUT2D eigenvalue weighted by Crippen LogP contribution is -2.07. The Morgan fingerprint density at radius 1 is 1.62 bits per heavy atom. The lowest BCUT2D eigenvalue weighted by molar-refractivity contribution is 0.0687. The van der Waals surface area contributed by atoms with Crippen LogP contribution in [0.4, 0.5) is 4.39 Å². The largest absolute Gasteiger partial charge is 0.478 e. The molecule has 0 unspecified atom stereocenters. The summed E-state index contributed by atoms with van der Waals surface area (Å²) in [7, 11) is 0. The molecule has 0 fully saturated rings. The monoisotopic (exact) mass is 185 g/mol. The average Bonchev–Trinajstić information content (AvgIpc) is 2.08. The van der Waals surface area contributed by atoms with Gasteiger partial charge in [-0.1, -0.05) is 6.07 Å². The van der Waals surface area contributed by atoms with Crippen LogP contribution in [0.5, 0.6) is 0 Å². The van der Waals surface area contributed by atoms with E-state index in [0.29, 0.717) is 5.56 Å². The van der Waals surface area contributed by atoms with Gasteiger partial charge in [-0.15, -0.1) is 0 Å². The number of carboxylic acids is 1. The van der Waals surface area contributed by atoms with Crippen LogP contribution in [0.2, 0.25) is 0 Å². The highest BCUT2D eigenvalue weighted by atomic mass is 19.1. The maximum absolute atomic E-state index is 12.6. The summed E-state index contributed by atoms with van der Waals surface area (Å²) in [5.41, 5.74) is 0.210. The topological polar surface area (TPSA) is 72.5 Å². The van der Waals surface area contributed by atoms with E-state index >= 15 is 0 Å². The number of hydrogen-bond acceptors (Lipinski definition) is 3. The highest BCUT2D eigenvalue weighted by Crippen LogP contribution is 2.11. The zero-order chi connectivity index (χ0) is 9.84. The lowest BCUT2D eigenvalue weighted by atomic mass is 10.1. The molecular weight excluding hydrogens is 177 g/mol. The van der Waals surface area contributed by atoms with E-state index in [0.717, 1.165) is 12.1 Å². The Balaban J connectivity index is 3.10. The van der Waals surface area contributed by atoms with Gasteiger partial charge in [0.1, 0.15) is 5.82 Å². The van der Waals surface area contributed by atoms with Crippen molar-refractivity contribution >= 4 is 5.97 Å². The third kappa shape index (κ3) is 2.24. The first-order valence-corrected chi connectivity index (χ1v) is 3.48. The molecule has 5 heteroatoms. The zero-order valence-corrected chi connectivity index (χ0v) is 6.66. The number of carboxylic acid groups (broad SMARTS) is 1. The molecule has 0 bridgehead atoms. The molecule has 0 aromatic heterocycles. The van der Waals surface area contributed by atoms with Crippen LogP contribution in [0.1, 0.15) is 15.9 Å². The summed E-state index contributed by atoms with van der Waals surface area (Å²) in [4.78, 5) is 14.9. The number of aromatic carboxylic acids is 1. The van der Waals surface area contributed by atoms with Gasteiger partial charge in [0, 0.05) is 0 Å². The highest BCUT2D eigenvalue weighted by Gasteiger charge is 2.10. The Kier molecular flexibility index (Phi) is 2.94. The first-order valence-electron chi connectivity index (χ1n) is 3.48. The van der Waals surface area contributed by atoms with E-state index in [2.05, 4.69) is 4.84 Å². The Labute approximate surface area is 73.7 Å². The molecule has 0 aliphatic heterocycles. The Hall–Kier alpha value is -1.46. The molecule has 3 N–H and O–H groups in total. The second-order valence-electron chi connectivity index (χ2n) is 2.42. The molecule has 0 saturated heterocycles. The second kappa shape index (κ2) is 3.97. The standard InChI is InChI=1S/C8H8FNO3/c9-6-2-1-5(4-13-10)7(3-6)8(11)12/h1-3H,4,10H2,(H,11,12). The van der Waals surface area contributed by atoms with Gasteiger partial charge in [0.15, 0.2) is 0 Å². The minimum absolute atomic E-state index is 0.0537. The minimum Gasteiger partial charge on any atom is -0.478 e.